The molecule has 0 radical (unpaired) electrons. The Balaban J connectivity index is 1.56. The Hall–Kier alpha value is -2.14. The molecule has 0 saturated heterocycles. The lowest BCUT2D eigenvalue weighted by molar-refractivity contribution is -0.122. The van der Waals surface area contributed by atoms with Crippen LogP contribution in [-0.2, 0) is 11.3 Å². The lowest BCUT2D eigenvalue weighted by atomic mass is 9.85. The number of amides is 2. The molecular weight excluding hydrogens is 296 g/mol. The minimum atomic E-state index is -0.0786. The number of carbonyl (C=O) groups excluding carboxylic acids is 2. The first-order valence-electron chi connectivity index (χ1n) is 7.42. The number of benzene rings is 1. The fourth-order valence-electron chi connectivity index (χ4n) is 2.35. The van der Waals surface area contributed by atoms with Gasteiger partial charge in [-0.25, -0.2) is 0 Å². The summed E-state index contributed by atoms with van der Waals surface area (Å²) >= 11 is 1.50. The second-order valence-electron chi connectivity index (χ2n) is 5.51. The van der Waals surface area contributed by atoms with Crippen LogP contribution in [0.25, 0.3) is 0 Å². The van der Waals surface area contributed by atoms with Gasteiger partial charge in [-0.3, -0.25) is 9.59 Å². The molecule has 5 heteroatoms. The maximum absolute atomic E-state index is 11.9. The van der Waals surface area contributed by atoms with E-state index in [-0.39, 0.29) is 17.7 Å². The molecule has 0 unspecified atom stereocenters. The molecule has 2 aromatic rings. The summed E-state index contributed by atoms with van der Waals surface area (Å²) in [4.78, 5) is 23.9. The maximum atomic E-state index is 11.9. The van der Waals surface area contributed by atoms with E-state index in [2.05, 4.69) is 10.6 Å². The van der Waals surface area contributed by atoms with Crippen molar-refractivity contribution in [3.8, 4) is 0 Å². The van der Waals surface area contributed by atoms with E-state index >= 15 is 0 Å². The van der Waals surface area contributed by atoms with Crippen molar-refractivity contribution in [2.24, 2.45) is 5.92 Å². The van der Waals surface area contributed by atoms with Gasteiger partial charge in [-0.2, -0.15) is 11.3 Å². The Labute approximate surface area is 133 Å². The molecule has 1 aliphatic carbocycles. The largest absolute Gasteiger partial charge is 0.348 e. The highest BCUT2D eigenvalue weighted by Gasteiger charge is 2.25. The Morgan fingerprint density at radius 2 is 2.09 bits per heavy atom. The Bertz CT molecular complexity index is 663. The normalized spacial score (nSPS) is 14.2. The minimum absolute atomic E-state index is 0.0786. The molecule has 0 aliphatic heterocycles. The van der Waals surface area contributed by atoms with Crippen molar-refractivity contribution in [2.45, 2.75) is 25.8 Å². The quantitative estimate of drug-likeness (QED) is 0.888. The molecule has 3 rings (SSSR count). The summed E-state index contributed by atoms with van der Waals surface area (Å²) in [6.07, 6.45) is 3.12. The topological polar surface area (TPSA) is 58.2 Å². The van der Waals surface area contributed by atoms with Crippen LogP contribution in [0.15, 0.2) is 41.1 Å². The number of nitrogens with one attached hydrogen (secondary N) is 2. The lowest BCUT2D eigenvalue weighted by Gasteiger charge is -2.24. The first-order valence-corrected chi connectivity index (χ1v) is 8.37. The van der Waals surface area contributed by atoms with Crippen LogP contribution in [0.4, 0.5) is 5.69 Å². The van der Waals surface area contributed by atoms with Crippen LogP contribution in [0.3, 0.4) is 0 Å². The van der Waals surface area contributed by atoms with Crippen LogP contribution in [-0.4, -0.2) is 11.8 Å². The van der Waals surface area contributed by atoms with Crippen molar-refractivity contribution < 1.29 is 9.59 Å². The van der Waals surface area contributed by atoms with Gasteiger partial charge in [-0.05, 0) is 42.0 Å². The van der Waals surface area contributed by atoms with E-state index in [9.17, 15) is 9.59 Å². The van der Waals surface area contributed by atoms with E-state index in [1.165, 1.54) is 11.3 Å². The van der Waals surface area contributed by atoms with E-state index in [1.807, 2.05) is 35.0 Å². The van der Waals surface area contributed by atoms with E-state index in [4.69, 9.17) is 0 Å². The van der Waals surface area contributed by atoms with Crippen LogP contribution >= 0.6 is 11.3 Å². The van der Waals surface area contributed by atoms with Crippen LogP contribution in [0.5, 0.6) is 0 Å². The van der Waals surface area contributed by atoms with Crippen LogP contribution < -0.4 is 10.6 Å². The van der Waals surface area contributed by atoms with Crippen LogP contribution in [0.1, 0.15) is 35.2 Å². The molecule has 1 aromatic carbocycles. The van der Waals surface area contributed by atoms with Crippen LogP contribution in [0, 0.1) is 5.92 Å². The van der Waals surface area contributed by atoms with Gasteiger partial charge in [0.15, 0.2) is 0 Å². The predicted molar refractivity (Wildman–Crippen MR) is 87.9 cm³/mol. The third-order valence-corrected chi connectivity index (χ3v) is 4.59. The average Bonchev–Trinajstić information content (AvgIpc) is 2.97. The van der Waals surface area contributed by atoms with Gasteiger partial charge in [0.05, 0.1) is 0 Å². The molecule has 1 fully saturated rings. The monoisotopic (exact) mass is 314 g/mol. The van der Waals surface area contributed by atoms with Crippen molar-refractivity contribution in [1.29, 1.82) is 0 Å². The summed E-state index contributed by atoms with van der Waals surface area (Å²) < 4.78 is 0. The zero-order valence-electron chi connectivity index (χ0n) is 12.2. The van der Waals surface area contributed by atoms with E-state index in [0.717, 1.165) is 30.5 Å². The average molecular weight is 314 g/mol. The highest BCUT2D eigenvalue weighted by Crippen LogP contribution is 2.27. The number of carbonyl (C=O) groups is 2. The maximum Gasteiger partial charge on any atom is 0.252 e. The summed E-state index contributed by atoms with van der Waals surface area (Å²) in [6, 6.07) is 9.41. The molecule has 1 aliphatic rings. The summed E-state index contributed by atoms with van der Waals surface area (Å²) in [5.74, 6) is 0.192. The van der Waals surface area contributed by atoms with Gasteiger partial charge < -0.3 is 10.6 Å². The number of rotatable bonds is 5. The van der Waals surface area contributed by atoms with Crippen molar-refractivity contribution in [1.82, 2.24) is 5.32 Å². The molecular formula is C17H18N2O2S. The predicted octanol–water partition coefficient (Wildman–Crippen LogP) is 3.42. The molecule has 0 spiro atoms. The smallest absolute Gasteiger partial charge is 0.252 e. The number of hydrogen-bond donors (Lipinski definition) is 2. The second kappa shape index (κ2) is 6.75. The standard InChI is InChI=1S/C17H18N2O2S/c20-16(14-7-8-22-11-14)18-10-12-3-1-6-15(9-12)19-17(21)13-4-2-5-13/h1,3,6-9,11,13H,2,4-5,10H2,(H,18,20)(H,19,21). The zero-order valence-corrected chi connectivity index (χ0v) is 13.0. The van der Waals surface area contributed by atoms with Gasteiger partial charge >= 0.3 is 0 Å². The highest BCUT2D eigenvalue weighted by molar-refractivity contribution is 7.08. The Morgan fingerprint density at radius 1 is 1.23 bits per heavy atom. The summed E-state index contributed by atoms with van der Waals surface area (Å²) in [7, 11) is 0. The molecule has 1 saturated carbocycles. The summed E-state index contributed by atoms with van der Waals surface area (Å²) in [5.41, 5.74) is 2.44. The molecule has 2 N–H and O–H groups in total. The number of hydrogen-bond acceptors (Lipinski definition) is 3. The number of anilines is 1. The number of thiophene rings is 1. The fraction of sp³-hybridized carbons (Fsp3) is 0.294. The van der Waals surface area contributed by atoms with Gasteiger partial charge in [0.1, 0.15) is 0 Å². The van der Waals surface area contributed by atoms with Gasteiger partial charge in [-0.15, -0.1) is 0 Å². The Kier molecular flexibility index (Phi) is 4.53. The van der Waals surface area contributed by atoms with Crippen molar-refractivity contribution in [3.63, 3.8) is 0 Å². The Morgan fingerprint density at radius 3 is 2.77 bits per heavy atom. The molecule has 2 amide bonds. The van der Waals surface area contributed by atoms with Crippen molar-refractivity contribution in [2.75, 3.05) is 5.32 Å². The summed E-state index contributed by atoms with van der Waals surface area (Å²) in [6.45, 7) is 0.446. The molecule has 0 atom stereocenters. The van der Waals surface area contributed by atoms with E-state index in [1.54, 1.807) is 6.07 Å². The first kappa shape index (κ1) is 14.8. The molecule has 1 heterocycles. The highest BCUT2D eigenvalue weighted by atomic mass is 32.1. The molecule has 22 heavy (non-hydrogen) atoms. The van der Waals surface area contributed by atoms with E-state index in [0.29, 0.717) is 12.1 Å². The molecule has 1 aromatic heterocycles. The molecule has 4 nitrogen and oxygen atoms in total. The van der Waals surface area contributed by atoms with E-state index < -0.39 is 0 Å². The SMILES string of the molecule is O=C(NCc1cccc(NC(=O)C2CCC2)c1)c1ccsc1. The minimum Gasteiger partial charge on any atom is -0.348 e. The third-order valence-electron chi connectivity index (χ3n) is 3.91. The summed E-state index contributed by atoms with van der Waals surface area (Å²) in [5, 5.41) is 9.54. The zero-order chi connectivity index (χ0) is 15.4. The van der Waals surface area contributed by atoms with Crippen LogP contribution in [0.2, 0.25) is 0 Å². The van der Waals surface area contributed by atoms with Gasteiger partial charge in [0, 0.05) is 29.1 Å². The lowest BCUT2D eigenvalue weighted by Crippen LogP contribution is -2.28. The van der Waals surface area contributed by atoms with Gasteiger partial charge in [-0.1, -0.05) is 18.6 Å². The third kappa shape index (κ3) is 3.54. The van der Waals surface area contributed by atoms with Gasteiger partial charge in [0.2, 0.25) is 5.91 Å². The van der Waals surface area contributed by atoms with Gasteiger partial charge in [0.25, 0.3) is 5.91 Å². The first-order chi connectivity index (χ1) is 10.7. The molecule has 114 valence electrons. The van der Waals surface area contributed by atoms with Crippen molar-refractivity contribution in [3.05, 3.63) is 52.2 Å². The van der Waals surface area contributed by atoms with Crippen molar-refractivity contribution >= 4 is 28.8 Å². The fourth-order valence-corrected chi connectivity index (χ4v) is 2.99. The second-order valence-corrected chi connectivity index (χ2v) is 6.29. The molecule has 0 bridgehead atoms.